The molecule has 0 radical (unpaired) electrons. The Balaban J connectivity index is 1.67. The van der Waals surface area contributed by atoms with Crippen molar-refractivity contribution in [3.05, 3.63) is 87.5 Å². The fourth-order valence-corrected chi connectivity index (χ4v) is 3.52. The predicted octanol–water partition coefficient (Wildman–Crippen LogP) is 5.14. The first-order chi connectivity index (χ1) is 15.9. The van der Waals surface area contributed by atoms with Crippen LogP contribution in [-0.4, -0.2) is 25.7 Å². The Morgan fingerprint density at radius 2 is 1.79 bits per heavy atom. The number of carbonyl (C=O) groups excluding carboxylic acids is 2. The SMILES string of the molecule is COc1ccc(Cl)cc1NC(=O)C(=Cc1ccc2c(c1)OCO2)NC(=O)c1ccccc1Cl. The van der Waals surface area contributed by atoms with Crippen LogP contribution in [0.2, 0.25) is 10.0 Å². The van der Waals surface area contributed by atoms with E-state index in [2.05, 4.69) is 10.6 Å². The highest BCUT2D eigenvalue weighted by atomic mass is 35.5. The molecule has 3 aromatic rings. The van der Waals surface area contributed by atoms with Crippen LogP contribution in [0.25, 0.3) is 6.08 Å². The van der Waals surface area contributed by atoms with E-state index in [1.54, 1.807) is 60.7 Å². The Bertz CT molecular complexity index is 1260. The third kappa shape index (κ3) is 5.22. The molecule has 2 N–H and O–H groups in total. The number of fused-ring (bicyclic) bond motifs is 1. The molecule has 0 atom stereocenters. The average Bonchev–Trinajstić information content (AvgIpc) is 3.27. The summed E-state index contributed by atoms with van der Waals surface area (Å²) in [6.07, 6.45) is 1.52. The first kappa shape index (κ1) is 22.5. The maximum absolute atomic E-state index is 13.2. The molecule has 0 bridgehead atoms. The van der Waals surface area contributed by atoms with Crippen LogP contribution in [-0.2, 0) is 4.79 Å². The third-order valence-corrected chi connectivity index (χ3v) is 5.29. The van der Waals surface area contributed by atoms with Gasteiger partial charge in [0.1, 0.15) is 11.4 Å². The van der Waals surface area contributed by atoms with Crippen molar-refractivity contribution in [1.29, 1.82) is 0 Å². The van der Waals surface area contributed by atoms with E-state index >= 15 is 0 Å². The highest BCUT2D eigenvalue weighted by Gasteiger charge is 2.19. The van der Waals surface area contributed by atoms with Gasteiger partial charge in [0.05, 0.1) is 23.4 Å². The van der Waals surface area contributed by atoms with E-state index in [1.807, 2.05) is 0 Å². The standard InChI is InChI=1S/C24H18Cl2N2O5/c1-31-20-9-7-15(25)12-18(20)27-24(30)19(28-23(29)16-4-2-3-5-17(16)26)10-14-6-8-21-22(11-14)33-13-32-21/h2-12H,13H2,1H3,(H,27,30)(H,28,29). The van der Waals surface area contributed by atoms with Gasteiger partial charge >= 0.3 is 0 Å². The number of ether oxygens (including phenoxy) is 3. The highest BCUT2D eigenvalue weighted by molar-refractivity contribution is 6.34. The number of hydrogen-bond acceptors (Lipinski definition) is 5. The van der Waals surface area contributed by atoms with Crippen LogP contribution in [0.4, 0.5) is 5.69 Å². The van der Waals surface area contributed by atoms with Gasteiger partial charge in [-0.3, -0.25) is 9.59 Å². The molecule has 3 aromatic carbocycles. The van der Waals surface area contributed by atoms with Crippen LogP contribution in [0, 0.1) is 0 Å². The summed E-state index contributed by atoms with van der Waals surface area (Å²) in [6.45, 7) is 0.119. The zero-order chi connectivity index (χ0) is 23.4. The van der Waals surface area contributed by atoms with E-state index in [4.69, 9.17) is 37.4 Å². The molecule has 1 aliphatic rings. The Hall–Kier alpha value is -3.68. The number of methoxy groups -OCH3 is 1. The lowest BCUT2D eigenvalue weighted by Gasteiger charge is -2.14. The largest absolute Gasteiger partial charge is 0.495 e. The summed E-state index contributed by atoms with van der Waals surface area (Å²) >= 11 is 12.2. The molecule has 2 amide bonds. The van der Waals surface area contributed by atoms with Crippen LogP contribution in [0.15, 0.2) is 66.4 Å². The minimum absolute atomic E-state index is 0.0270. The quantitative estimate of drug-likeness (QED) is 0.473. The van der Waals surface area contributed by atoms with Crippen molar-refractivity contribution in [1.82, 2.24) is 5.32 Å². The molecule has 1 aliphatic heterocycles. The van der Waals surface area contributed by atoms with Gasteiger partial charge in [-0.2, -0.15) is 0 Å². The summed E-state index contributed by atoms with van der Waals surface area (Å²) < 4.78 is 16.0. The van der Waals surface area contributed by atoms with Crippen molar-refractivity contribution < 1.29 is 23.8 Å². The van der Waals surface area contributed by atoms with E-state index in [0.29, 0.717) is 33.5 Å². The summed E-state index contributed by atoms with van der Waals surface area (Å²) in [6, 6.07) is 16.5. The number of amides is 2. The van der Waals surface area contributed by atoms with Crippen LogP contribution in [0.3, 0.4) is 0 Å². The van der Waals surface area contributed by atoms with Gasteiger partial charge in [0, 0.05) is 5.02 Å². The van der Waals surface area contributed by atoms with Crippen molar-refractivity contribution >= 4 is 46.8 Å². The van der Waals surface area contributed by atoms with Gasteiger partial charge in [0.25, 0.3) is 11.8 Å². The van der Waals surface area contributed by atoms with E-state index in [1.165, 1.54) is 13.2 Å². The Kier molecular flexibility index (Phi) is 6.72. The molecule has 0 aliphatic carbocycles. The van der Waals surface area contributed by atoms with E-state index in [-0.39, 0.29) is 23.1 Å². The molecule has 0 aromatic heterocycles. The summed E-state index contributed by atoms with van der Waals surface area (Å²) in [5, 5.41) is 6.04. The Labute approximate surface area is 199 Å². The van der Waals surface area contributed by atoms with Crippen molar-refractivity contribution in [3.63, 3.8) is 0 Å². The highest BCUT2D eigenvalue weighted by Crippen LogP contribution is 2.33. The molecule has 0 unspecified atom stereocenters. The zero-order valence-electron chi connectivity index (χ0n) is 17.4. The second-order valence-corrected chi connectivity index (χ2v) is 7.75. The van der Waals surface area contributed by atoms with Crippen molar-refractivity contribution in [2.24, 2.45) is 0 Å². The molecule has 0 saturated heterocycles. The van der Waals surface area contributed by atoms with Crippen molar-refractivity contribution in [2.75, 3.05) is 19.2 Å². The van der Waals surface area contributed by atoms with E-state index < -0.39 is 11.8 Å². The molecule has 0 fully saturated rings. The average molecular weight is 485 g/mol. The van der Waals surface area contributed by atoms with Gasteiger partial charge in [0.2, 0.25) is 6.79 Å². The molecule has 4 rings (SSSR count). The number of nitrogens with one attached hydrogen (secondary N) is 2. The minimum atomic E-state index is -0.589. The van der Waals surface area contributed by atoms with Crippen molar-refractivity contribution in [3.8, 4) is 17.2 Å². The van der Waals surface area contributed by atoms with Gasteiger partial charge in [-0.1, -0.05) is 41.4 Å². The number of benzene rings is 3. The number of halogens is 2. The number of hydrogen-bond donors (Lipinski definition) is 2. The molecule has 0 spiro atoms. The second kappa shape index (κ2) is 9.85. The summed E-state index contributed by atoms with van der Waals surface area (Å²) in [7, 11) is 1.47. The first-order valence-corrected chi connectivity index (χ1v) is 10.5. The fraction of sp³-hybridized carbons (Fsp3) is 0.0833. The third-order valence-electron chi connectivity index (χ3n) is 4.73. The van der Waals surface area contributed by atoms with Gasteiger partial charge in [0.15, 0.2) is 11.5 Å². The molecule has 33 heavy (non-hydrogen) atoms. The lowest BCUT2D eigenvalue weighted by molar-refractivity contribution is -0.113. The number of rotatable bonds is 6. The van der Waals surface area contributed by atoms with Gasteiger partial charge < -0.3 is 24.8 Å². The maximum Gasteiger partial charge on any atom is 0.272 e. The summed E-state index contributed by atoms with van der Waals surface area (Å²) in [5.41, 5.74) is 1.16. The van der Waals surface area contributed by atoms with Gasteiger partial charge in [-0.25, -0.2) is 0 Å². The van der Waals surface area contributed by atoms with E-state index in [0.717, 1.165) is 0 Å². The topological polar surface area (TPSA) is 85.9 Å². The predicted molar refractivity (Wildman–Crippen MR) is 126 cm³/mol. The fourth-order valence-electron chi connectivity index (χ4n) is 3.13. The molecular weight excluding hydrogens is 467 g/mol. The second-order valence-electron chi connectivity index (χ2n) is 6.90. The molecular formula is C24H18Cl2N2O5. The van der Waals surface area contributed by atoms with Crippen LogP contribution in [0.5, 0.6) is 17.2 Å². The Morgan fingerprint density at radius 3 is 2.58 bits per heavy atom. The van der Waals surface area contributed by atoms with Crippen molar-refractivity contribution in [2.45, 2.75) is 0 Å². The minimum Gasteiger partial charge on any atom is -0.495 e. The lowest BCUT2D eigenvalue weighted by atomic mass is 10.1. The zero-order valence-corrected chi connectivity index (χ0v) is 18.9. The van der Waals surface area contributed by atoms with Gasteiger partial charge in [-0.05, 0) is 54.1 Å². The summed E-state index contributed by atoms with van der Waals surface area (Å²) in [4.78, 5) is 26.1. The Morgan fingerprint density at radius 1 is 1.00 bits per heavy atom. The molecule has 1 heterocycles. The lowest BCUT2D eigenvalue weighted by Crippen LogP contribution is -2.31. The van der Waals surface area contributed by atoms with Crippen LogP contribution < -0.4 is 24.8 Å². The molecule has 9 heteroatoms. The van der Waals surface area contributed by atoms with E-state index in [9.17, 15) is 9.59 Å². The molecule has 7 nitrogen and oxygen atoms in total. The summed E-state index contributed by atoms with van der Waals surface area (Å²) in [5.74, 6) is 0.418. The van der Waals surface area contributed by atoms with Crippen LogP contribution in [0.1, 0.15) is 15.9 Å². The maximum atomic E-state index is 13.2. The van der Waals surface area contributed by atoms with Gasteiger partial charge in [-0.15, -0.1) is 0 Å². The normalized spacial score (nSPS) is 12.3. The molecule has 0 saturated carbocycles. The number of carbonyl (C=O) groups is 2. The number of anilines is 1. The first-order valence-electron chi connectivity index (χ1n) is 9.76. The monoisotopic (exact) mass is 484 g/mol. The smallest absolute Gasteiger partial charge is 0.272 e. The molecule has 168 valence electrons. The van der Waals surface area contributed by atoms with Crippen LogP contribution >= 0.6 is 23.2 Å².